The number of nitrogens with one attached hydrogen (secondary N) is 2. The first-order chi connectivity index (χ1) is 12.0. The summed E-state index contributed by atoms with van der Waals surface area (Å²) < 4.78 is 14.7. The van der Waals surface area contributed by atoms with Crippen molar-refractivity contribution in [3.05, 3.63) is 76.3 Å². The van der Waals surface area contributed by atoms with Gasteiger partial charge in [-0.05, 0) is 35.9 Å². The maximum Gasteiger partial charge on any atom is 0.323 e. The van der Waals surface area contributed by atoms with Crippen molar-refractivity contribution in [1.82, 2.24) is 9.78 Å². The molecule has 2 N–H and O–H groups in total. The van der Waals surface area contributed by atoms with Gasteiger partial charge in [0.15, 0.2) is 0 Å². The molecule has 0 aliphatic heterocycles. The number of carbonyl (C=O) groups excluding carboxylic acids is 1. The van der Waals surface area contributed by atoms with Gasteiger partial charge in [0.25, 0.3) is 0 Å². The summed E-state index contributed by atoms with van der Waals surface area (Å²) in [6.07, 6.45) is 3.16. The Morgan fingerprint density at radius 1 is 1.12 bits per heavy atom. The molecule has 0 aliphatic carbocycles. The van der Waals surface area contributed by atoms with Gasteiger partial charge in [-0.2, -0.15) is 5.10 Å². The number of aromatic nitrogens is 2. The van der Waals surface area contributed by atoms with E-state index in [1.54, 1.807) is 41.2 Å². The molecule has 0 unspecified atom stereocenters. The van der Waals surface area contributed by atoms with Gasteiger partial charge in [-0.25, -0.2) is 9.18 Å². The number of nitrogens with zero attached hydrogens (tertiary/aromatic N) is 2. The van der Waals surface area contributed by atoms with E-state index in [1.165, 1.54) is 18.3 Å². The fraction of sp³-hybridized carbons (Fsp3) is 0.0588. The van der Waals surface area contributed by atoms with Gasteiger partial charge in [-0.15, -0.1) is 0 Å². The van der Waals surface area contributed by atoms with Gasteiger partial charge < -0.3 is 10.6 Å². The maximum atomic E-state index is 13.1. The fourth-order valence-corrected chi connectivity index (χ4v) is 2.62. The first kappa shape index (κ1) is 17.3. The van der Waals surface area contributed by atoms with E-state index in [-0.39, 0.29) is 0 Å². The van der Waals surface area contributed by atoms with Crippen LogP contribution in [0.2, 0.25) is 10.0 Å². The summed E-state index contributed by atoms with van der Waals surface area (Å²) in [6.45, 7) is 0.358. The van der Waals surface area contributed by atoms with Crippen molar-refractivity contribution in [1.29, 1.82) is 0 Å². The molecule has 0 aliphatic rings. The van der Waals surface area contributed by atoms with Crippen molar-refractivity contribution >= 4 is 40.6 Å². The zero-order valence-electron chi connectivity index (χ0n) is 12.8. The molecule has 3 aromatic rings. The predicted molar refractivity (Wildman–Crippen MR) is 96.8 cm³/mol. The average Bonchev–Trinajstić information content (AvgIpc) is 2.97. The second kappa shape index (κ2) is 7.55. The standard InChI is InChI=1S/C17H13Cl2FN4O/c18-12-2-1-3-14(6-12)22-17(25)23-15-8-21-24(10-15)9-11-4-5-13(20)7-16(11)19/h1-8,10H,9H2,(H2,22,23,25). The third kappa shape index (κ3) is 4.71. The van der Waals surface area contributed by atoms with Gasteiger partial charge in [-0.3, -0.25) is 4.68 Å². The number of amides is 2. The Kier molecular flexibility index (Phi) is 5.21. The third-order valence-electron chi connectivity index (χ3n) is 3.32. The van der Waals surface area contributed by atoms with Crippen LogP contribution in [-0.2, 0) is 6.54 Å². The summed E-state index contributed by atoms with van der Waals surface area (Å²) in [7, 11) is 0. The van der Waals surface area contributed by atoms with Crippen LogP contribution in [0.4, 0.5) is 20.6 Å². The first-order valence-electron chi connectivity index (χ1n) is 7.29. The molecule has 0 atom stereocenters. The highest BCUT2D eigenvalue weighted by Crippen LogP contribution is 2.19. The van der Waals surface area contributed by atoms with Crippen LogP contribution >= 0.6 is 23.2 Å². The fourth-order valence-electron chi connectivity index (χ4n) is 2.20. The highest BCUT2D eigenvalue weighted by atomic mass is 35.5. The van der Waals surface area contributed by atoms with Crippen molar-refractivity contribution in [2.24, 2.45) is 0 Å². The van der Waals surface area contributed by atoms with Crippen molar-refractivity contribution in [2.45, 2.75) is 6.54 Å². The molecule has 0 fully saturated rings. The number of carbonyl (C=O) groups is 1. The van der Waals surface area contributed by atoms with Crippen molar-refractivity contribution in [3.8, 4) is 0 Å². The Bertz CT molecular complexity index is 913. The van der Waals surface area contributed by atoms with Gasteiger partial charge in [-0.1, -0.05) is 35.3 Å². The van der Waals surface area contributed by atoms with Gasteiger partial charge in [0.2, 0.25) is 0 Å². The molecule has 3 rings (SSSR count). The first-order valence-corrected chi connectivity index (χ1v) is 8.05. The monoisotopic (exact) mass is 378 g/mol. The van der Waals surface area contributed by atoms with E-state index < -0.39 is 11.8 Å². The van der Waals surface area contributed by atoms with Crippen LogP contribution in [0.25, 0.3) is 0 Å². The number of rotatable bonds is 4. The molecule has 128 valence electrons. The lowest BCUT2D eigenvalue weighted by molar-refractivity contribution is 0.262. The zero-order valence-corrected chi connectivity index (χ0v) is 14.4. The molecule has 0 saturated carbocycles. The molecule has 25 heavy (non-hydrogen) atoms. The predicted octanol–water partition coefficient (Wildman–Crippen LogP) is 5.02. The van der Waals surface area contributed by atoms with E-state index >= 15 is 0 Å². The number of urea groups is 1. The highest BCUT2D eigenvalue weighted by molar-refractivity contribution is 6.31. The second-order valence-corrected chi connectivity index (χ2v) is 6.10. The molecular formula is C17H13Cl2FN4O. The highest BCUT2D eigenvalue weighted by Gasteiger charge is 2.07. The van der Waals surface area contributed by atoms with E-state index in [2.05, 4.69) is 15.7 Å². The summed E-state index contributed by atoms with van der Waals surface area (Å²) in [5, 5.41) is 10.3. The Hall–Kier alpha value is -2.57. The van der Waals surface area contributed by atoms with Crippen LogP contribution in [-0.4, -0.2) is 15.8 Å². The largest absolute Gasteiger partial charge is 0.323 e. The van der Waals surface area contributed by atoms with E-state index in [1.807, 2.05) is 0 Å². The molecule has 8 heteroatoms. The minimum absolute atomic E-state index is 0.323. The zero-order chi connectivity index (χ0) is 17.8. The van der Waals surface area contributed by atoms with Gasteiger partial charge in [0.05, 0.1) is 18.4 Å². The number of hydrogen-bond acceptors (Lipinski definition) is 2. The van der Waals surface area contributed by atoms with Crippen LogP contribution in [0.3, 0.4) is 0 Å². The lowest BCUT2D eigenvalue weighted by Gasteiger charge is -2.06. The van der Waals surface area contributed by atoms with Crippen LogP contribution in [0.5, 0.6) is 0 Å². The molecule has 1 heterocycles. The van der Waals surface area contributed by atoms with Gasteiger partial charge in [0.1, 0.15) is 5.82 Å². The molecule has 5 nitrogen and oxygen atoms in total. The van der Waals surface area contributed by atoms with Crippen LogP contribution < -0.4 is 10.6 Å². The molecule has 2 aromatic carbocycles. The van der Waals surface area contributed by atoms with Crippen LogP contribution in [0.15, 0.2) is 54.9 Å². The Labute approximate surface area is 153 Å². The molecule has 0 spiro atoms. The molecule has 0 bridgehead atoms. The van der Waals surface area contributed by atoms with E-state index in [9.17, 15) is 9.18 Å². The molecule has 2 amide bonds. The lowest BCUT2D eigenvalue weighted by Crippen LogP contribution is -2.19. The summed E-state index contributed by atoms with van der Waals surface area (Å²) in [5.41, 5.74) is 1.81. The number of anilines is 2. The van der Waals surface area contributed by atoms with Gasteiger partial charge in [0, 0.05) is 21.9 Å². The lowest BCUT2D eigenvalue weighted by atomic mass is 10.2. The second-order valence-electron chi connectivity index (χ2n) is 5.25. The Morgan fingerprint density at radius 3 is 2.68 bits per heavy atom. The van der Waals surface area contributed by atoms with Crippen molar-refractivity contribution in [3.63, 3.8) is 0 Å². The molecule has 0 saturated heterocycles. The summed E-state index contributed by atoms with van der Waals surface area (Å²) in [4.78, 5) is 12.0. The number of halogens is 3. The summed E-state index contributed by atoms with van der Waals surface area (Å²) >= 11 is 11.9. The van der Waals surface area contributed by atoms with Crippen molar-refractivity contribution < 1.29 is 9.18 Å². The van der Waals surface area contributed by atoms with Crippen LogP contribution in [0.1, 0.15) is 5.56 Å². The molecule has 1 aromatic heterocycles. The minimum atomic E-state index is -0.415. The Morgan fingerprint density at radius 2 is 1.92 bits per heavy atom. The SMILES string of the molecule is O=C(Nc1cccc(Cl)c1)Nc1cnn(Cc2ccc(F)cc2Cl)c1. The van der Waals surface area contributed by atoms with E-state index in [4.69, 9.17) is 23.2 Å². The third-order valence-corrected chi connectivity index (χ3v) is 3.91. The quantitative estimate of drug-likeness (QED) is 0.669. The van der Waals surface area contributed by atoms with Gasteiger partial charge >= 0.3 is 6.03 Å². The molecule has 0 radical (unpaired) electrons. The number of hydrogen-bond donors (Lipinski definition) is 2. The summed E-state index contributed by atoms with van der Waals surface area (Å²) in [6, 6.07) is 10.6. The number of benzene rings is 2. The Balaban J connectivity index is 1.62. The van der Waals surface area contributed by atoms with E-state index in [0.29, 0.717) is 28.0 Å². The minimum Gasteiger partial charge on any atom is -0.308 e. The van der Waals surface area contributed by atoms with E-state index in [0.717, 1.165) is 5.56 Å². The van der Waals surface area contributed by atoms with Crippen LogP contribution in [0, 0.1) is 5.82 Å². The normalized spacial score (nSPS) is 10.5. The smallest absolute Gasteiger partial charge is 0.308 e. The molecular weight excluding hydrogens is 366 g/mol. The maximum absolute atomic E-state index is 13.1. The average molecular weight is 379 g/mol. The van der Waals surface area contributed by atoms with Crippen molar-refractivity contribution in [2.75, 3.05) is 10.6 Å². The topological polar surface area (TPSA) is 59.0 Å². The summed E-state index contributed by atoms with van der Waals surface area (Å²) in [5.74, 6) is -0.394.